The molecule has 0 radical (unpaired) electrons. The van der Waals surface area contributed by atoms with Gasteiger partial charge < -0.3 is 14.4 Å². The number of likely N-dealkylation sites (tertiary alicyclic amines) is 1. The summed E-state index contributed by atoms with van der Waals surface area (Å²) >= 11 is 5.84. The summed E-state index contributed by atoms with van der Waals surface area (Å²) in [5, 5.41) is 0.583. The molecule has 2 aromatic rings. The van der Waals surface area contributed by atoms with Crippen LogP contribution in [0, 0.1) is 5.82 Å². The van der Waals surface area contributed by atoms with Crippen LogP contribution in [-0.4, -0.2) is 30.2 Å². The Morgan fingerprint density at radius 1 is 1.11 bits per heavy atom. The lowest BCUT2D eigenvalue weighted by atomic mass is 10.0. The van der Waals surface area contributed by atoms with Crippen molar-refractivity contribution in [3.63, 3.8) is 0 Å². The molecule has 8 heteroatoms. The first kappa shape index (κ1) is 23.3. The SMILES string of the molecule is Cl.Cl.O=C(Oc1ccc(Cl)cc1)N1CCCCC1COc1cccc(F)c1. The second-order valence-corrected chi connectivity index (χ2v) is 6.37. The first-order chi connectivity index (χ1) is 12.1. The van der Waals surface area contributed by atoms with Crippen molar-refractivity contribution in [2.75, 3.05) is 13.2 Å². The van der Waals surface area contributed by atoms with Crippen molar-refractivity contribution in [3.05, 3.63) is 59.4 Å². The third-order valence-corrected chi connectivity index (χ3v) is 4.37. The lowest BCUT2D eigenvalue weighted by molar-refractivity contribution is 0.0885. The number of carbonyl (C=O) groups excluding carboxylic acids is 1. The number of benzene rings is 2. The number of piperidine rings is 1. The van der Waals surface area contributed by atoms with E-state index in [4.69, 9.17) is 21.1 Å². The Bertz CT molecular complexity index is 730. The molecule has 4 nitrogen and oxygen atoms in total. The maximum absolute atomic E-state index is 13.2. The second-order valence-electron chi connectivity index (χ2n) is 5.93. The average molecular weight is 437 g/mol. The van der Waals surface area contributed by atoms with Crippen LogP contribution in [0.25, 0.3) is 0 Å². The van der Waals surface area contributed by atoms with E-state index >= 15 is 0 Å². The zero-order valence-corrected chi connectivity index (χ0v) is 16.9. The van der Waals surface area contributed by atoms with Crippen molar-refractivity contribution in [2.45, 2.75) is 25.3 Å². The molecule has 0 aromatic heterocycles. The van der Waals surface area contributed by atoms with Crippen molar-refractivity contribution in [2.24, 2.45) is 0 Å². The van der Waals surface area contributed by atoms with Crippen molar-refractivity contribution < 1.29 is 18.7 Å². The molecular weight excluding hydrogens is 416 g/mol. The van der Waals surface area contributed by atoms with E-state index in [1.54, 1.807) is 41.3 Å². The van der Waals surface area contributed by atoms with Gasteiger partial charge in [0, 0.05) is 17.6 Å². The number of hydrogen-bond donors (Lipinski definition) is 0. The fourth-order valence-corrected chi connectivity index (χ4v) is 2.95. The van der Waals surface area contributed by atoms with Crippen LogP contribution in [-0.2, 0) is 0 Å². The van der Waals surface area contributed by atoms with E-state index in [0.717, 1.165) is 19.3 Å². The van der Waals surface area contributed by atoms with E-state index in [2.05, 4.69) is 0 Å². The van der Waals surface area contributed by atoms with E-state index in [1.165, 1.54) is 12.1 Å². The lowest BCUT2D eigenvalue weighted by Crippen LogP contribution is -2.47. The third-order valence-electron chi connectivity index (χ3n) is 4.12. The predicted octanol–water partition coefficient (Wildman–Crippen LogP) is 5.76. The normalized spacial score (nSPS) is 15.9. The number of amides is 1. The molecule has 0 saturated carbocycles. The molecule has 148 valence electrons. The van der Waals surface area contributed by atoms with Gasteiger partial charge in [-0.15, -0.1) is 24.8 Å². The molecule has 0 spiro atoms. The number of hydrogen-bond acceptors (Lipinski definition) is 3. The highest BCUT2D eigenvalue weighted by molar-refractivity contribution is 6.30. The van der Waals surface area contributed by atoms with Crippen LogP contribution < -0.4 is 9.47 Å². The largest absolute Gasteiger partial charge is 0.491 e. The summed E-state index contributed by atoms with van der Waals surface area (Å²) in [6, 6.07) is 12.5. The molecule has 1 aliphatic rings. The molecule has 1 atom stereocenters. The minimum atomic E-state index is -0.408. The number of nitrogens with zero attached hydrogens (tertiary/aromatic N) is 1. The molecular formula is C19H21Cl3FNO3. The summed E-state index contributed by atoms with van der Waals surface area (Å²) in [6.45, 7) is 0.919. The highest BCUT2D eigenvalue weighted by Crippen LogP contribution is 2.22. The van der Waals surface area contributed by atoms with Crippen LogP contribution in [0.3, 0.4) is 0 Å². The monoisotopic (exact) mass is 435 g/mol. The van der Waals surface area contributed by atoms with Gasteiger partial charge in [0.1, 0.15) is 23.9 Å². The lowest BCUT2D eigenvalue weighted by Gasteiger charge is -2.34. The number of rotatable bonds is 4. The molecule has 0 bridgehead atoms. The minimum Gasteiger partial charge on any atom is -0.491 e. The van der Waals surface area contributed by atoms with E-state index in [9.17, 15) is 9.18 Å². The topological polar surface area (TPSA) is 38.8 Å². The van der Waals surface area contributed by atoms with Crippen LogP contribution in [0.15, 0.2) is 48.5 Å². The van der Waals surface area contributed by atoms with Crippen LogP contribution in [0.5, 0.6) is 11.5 Å². The Kier molecular flexibility index (Phi) is 9.70. The van der Waals surface area contributed by atoms with Crippen LogP contribution >= 0.6 is 36.4 Å². The molecule has 2 aromatic carbocycles. The average Bonchev–Trinajstić information content (AvgIpc) is 2.62. The van der Waals surface area contributed by atoms with Gasteiger partial charge in [-0.05, 0) is 55.7 Å². The first-order valence-electron chi connectivity index (χ1n) is 8.24. The molecule has 1 saturated heterocycles. The summed E-state index contributed by atoms with van der Waals surface area (Å²) in [7, 11) is 0. The Balaban J connectivity index is 0.00000182. The van der Waals surface area contributed by atoms with Crippen LogP contribution in [0.2, 0.25) is 5.02 Å². The van der Waals surface area contributed by atoms with Crippen molar-refractivity contribution >= 4 is 42.5 Å². The molecule has 1 unspecified atom stereocenters. The van der Waals surface area contributed by atoms with Gasteiger partial charge in [-0.1, -0.05) is 17.7 Å². The molecule has 3 rings (SSSR count). The van der Waals surface area contributed by atoms with Crippen molar-refractivity contribution in [3.8, 4) is 11.5 Å². The van der Waals surface area contributed by atoms with Gasteiger partial charge in [0.15, 0.2) is 0 Å². The summed E-state index contributed by atoms with van der Waals surface area (Å²) in [5.74, 6) is 0.557. The summed E-state index contributed by atoms with van der Waals surface area (Å²) in [6.07, 6.45) is 2.36. The Morgan fingerprint density at radius 2 is 1.85 bits per heavy atom. The molecule has 1 fully saturated rings. The molecule has 27 heavy (non-hydrogen) atoms. The fourth-order valence-electron chi connectivity index (χ4n) is 2.83. The summed E-state index contributed by atoms with van der Waals surface area (Å²) in [4.78, 5) is 14.2. The van der Waals surface area contributed by atoms with Gasteiger partial charge in [-0.2, -0.15) is 0 Å². The van der Waals surface area contributed by atoms with Gasteiger partial charge in [0.05, 0.1) is 6.04 Å². The molecule has 0 N–H and O–H groups in total. The van der Waals surface area contributed by atoms with Gasteiger partial charge in [-0.25, -0.2) is 9.18 Å². The maximum Gasteiger partial charge on any atom is 0.415 e. The van der Waals surface area contributed by atoms with E-state index in [0.29, 0.717) is 29.7 Å². The van der Waals surface area contributed by atoms with Crippen LogP contribution in [0.4, 0.5) is 9.18 Å². The standard InChI is InChI=1S/C19H19ClFNO3.2ClH/c20-14-7-9-17(10-8-14)25-19(23)22-11-2-1-5-16(22)13-24-18-6-3-4-15(21)12-18;;/h3-4,6-10,12,16H,1-2,5,11,13H2;2*1H. The maximum atomic E-state index is 13.2. The van der Waals surface area contributed by atoms with Gasteiger partial charge in [0.25, 0.3) is 0 Å². The summed E-state index contributed by atoms with van der Waals surface area (Å²) < 4.78 is 24.3. The third kappa shape index (κ3) is 6.76. The minimum absolute atomic E-state index is 0. The zero-order valence-electron chi connectivity index (χ0n) is 14.5. The molecule has 0 aliphatic carbocycles. The van der Waals surface area contributed by atoms with Crippen molar-refractivity contribution in [1.82, 2.24) is 4.90 Å². The molecule has 1 amide bonds. The molecule has 1 heterocycles. The first-order valence-corrected chi connectivity index (χ1v) is 8.62. The Labute approximate surface area is 175 Å². The second kappa shape index (κ2) is 11.2. The molecule has 1 aliphatic heterocycles. The van der Waals surface area contributed by atoms with E-state index < -0.39 is 6.09 Å². The number of ether oxygens (including phenoxy) is 2. The van der Waals surface area contributed by atoms with Gasteiger partial charge >= 0.3 is 6.09 Å². The smallest absolute Gasteiger partial charge is 0.415 e. The fraction of sp³-hybridized carbons (Fsp3) is 0.316. The van der Waals surface area contributed by atoms with Crippen molar-refractivity contribution in [1.29, 1.82) is 0 Å². The van der Waals surface area contributed by atoms with Crippen LogP contribution in [0.1, 0.15) is 19.3 Å². The summed E-state index contributed by atoms with van der Waals surface area (Å²) in [5.41, 5.74) is 0. The van der Waals surface area contributed by atoms with Gasteiger partial charge in [0.2, 0.25) is 0 Å². The zero-order chi connectivity index (χ0) is 17.6. The number of halogens is 4. The number of carbonyl (C=O) groups is 1. The Morgan fingerprint density at radius 3 is 2.56 bits per heavy atom. The Hall–Kier alpha value is -1.69. The van der Waals surface area contributed by atoms with Gasteiger partial charge in [-0.3, -0.25) is 0 Å². The van der Waals surface area contributed by atoms with E-state index in [1.807, 2.05) is 0 Å². The predicted molar refractivity (Wildman–Crippen MR) is 108 cm³/mol. The van der Waals surface area contributed by atoms with E-state index in [-0.39, 0.29) is 36.7 Å². The highest BCUT2D eigenvalue weighted by Gasteiger charge is 2.28. The highest BCUT2D eigenvalue weighted by atomic mass is 35.5. The quantitative estimate of drug-likeness (QED) is 0.612.